The van der Waals surface area contributed by atoms with E-state index in [-0.39, 0.29) is 18.0 Å². The van der Waals surface area contributed by atoms with Crippen LogP contribution in [0, 0.1) is 15.2 Å². The lowest BCUT2D eigenvalue weighted by atomic mass is 10.0. The van der Waals surface area contributed by atoms with Gasteiger partial charge >= 0.3 is 0 Å². The fourth-order valence-electron chi connectivity index (χ4n) is 2.26. The normalized spacial score (nSPS) is 12.3. The molecule has 0 radical (unpaired) electrons. The minimum Gasteiger partial charge on any atom is -0.350 e. The van der Waals surface area contributed by atoms with E-state index in [9.17, 15) is 13.6 Å². The van der Waals surface area contributed by atoms with Crippen molar-refractivity contribution in [1.29, 1.82) is 0 Å². The molecule has 0 saturated heterocycles. The van der Waals surface area contributed by atoms with Gasteiger partial charge in [-0.2, -0.15) is 0 Å². The summed E-state index contributed by atoms with van der Waals surface area (Å²) in [6.45, 7) is 0.107. The Morgan fingerprint density at radius 1 is 1.13 bits per heavy atom. The molecule has 0 saturated carbocycles. The second-order valence-electron chi connectivity index (χ2n) is 5.33. The Morgan fingerprint density at radius 2 is 1.70 bits per heavy atom. The van der Waals surface area contributed by atoms with Crippen LogP contribution in [0.3, 0.4) is 0 Å². The van der Waals surface area contributed by atoms with Crippen molar-refractivity contribution in [2.45, 2.75) is 6.04 Å². The van der Waals surface area contributed by atoms with Crippen LogP contribution in [0.1, 0.15) is 22.0 Å². The molecule has 2 aromatic carbocycles. The van der Waals surface area contributed by atoms with Crippen LogP contribution in [-0.2, 0) is 0 Å². The predicted molar refractivity (Wildman–Crippen MR) is 94.3 cm³/mol. The number of carbonyl (C=O) groups is 1. The Hall–Kier alpha value is -1.54. The average Bonchev–Trinajstić information content (AvgIpc) is 2.50. The summed E-state index contributed by atoms with van der Waals surface area (Å²) in [5.74, 6) is -1.51. The first-order chi connectivity index (χ1) is 10.9. The van der Waals surface area contributed by atoms with E-state index in [1.807, 2.05) is 12.1 Å². The first-order valence-electron chi connectivity index (χ1n) is 7.04. The van der Waals surface area contributed by atoms with Crippen molar-refractivity contribution >= 4 is 28.5 Å². The zero-order valence-electron chi connectivity index (χ0n) is 12.8. The van der Waals surface area contributed by atoms with Gasteiger partial charge in [-0.3, -0.25) is 4.79 Å². The van der Waals surface area contributed by atoms with Crippen molar-refractivity contribution in [3.05, 3.63) is 68.8 Å². The molecule has 0 aliphatic heterocycles. The van der Waals surface area contributed by atoms with E-state index in [2.05, 4.69) is 27.9 Å². The van der Waals surface area contributed by atoms with Gasteiger partial charge in [-0.05, 0) is 73.1 Å². The molecular formula is C17H17F2IN2O. The number of nitrogens with one attached hydrogen (secondary N) is 1. The molecule has 0 aliphatic rings. The lowest BCUT2D eigenvalue weighted by Gasteiger charge is -2.25. The van der Waals surface area contributed by atoms with Gasteiger partial charge in [0.05, 0.1) is 6.04 Å². The monoisotopic (exact) mass is 430 g/mol. The SMILES string of the molecule is CN(C)C(CNC(=O)c1ccc(I)cc1)c1c(F)cccc1F. The van der Waals surface area contributed by atoms with Gasteiger partial charge in [-0.1, -0.05) is 6.07 Å². The van der Waals surface area contributed by atoms with Crippen molar-refractivity contribution in [2.24, 2.45) is 0 Å². The second kappa shape index (κ2) is 7.83. The van der Waals surface area contributed by atoms with Crippen molar-refractivity contribution in [3.63, 3.8) is 0 Å². The zero-order chi connectivity index (χ0) is 17.0. The topological polar surface area (TPSA) is 32.3 Å². The van der Waals surface area contributed by atoms with E-state index in [1.165, 1.54) is 18.2 Å². The number of likely N-dealkylation sites (N-methyl/N-ethyl adjacent to an activating group) is 1. The van der Waals surface area contributed by atoms with Crippen LogP contribution < -0.4 is 5.32 Å². The number of amides is 1. The molecule has 2 rings (SSSR count). The van der Waals surface area contributed by atoms with Gasteiger partial charge < -0.3 is 10.2 Å². The fraction of sp³-hybridized carbons (Fsp3) is 0.235. The van der Waals surface area contributed by atoms with E-state index in [4.69, 9.17) is 0 Å². The molecular weight excluding hydrogens is 413 g/mol. The zero-order valence-corrected chi connectivity index (χ0v) is 15.0. The van der Waals surface area contributed by atoms with Crippen molar-refractivity contribution in [3.8, 4) is 0 Å². The summed E-state index contributed by atoms with van der Waals surface area (Å²) in [6, 6.07) is 10.3. The molecule has 0 spiro atoms. The minimum absolute atomic E-state index is 0.0413. The molecule has 0 fully saturated rings. The van der Waals surface area contributed by atoms with E-state index in [0.29, 0.717) is 5.56 Å². The maximum atomic E-state index is 14.0. The summed E-state index contributed by atoms with van der Waals surface area (Å²) in [6.07, 6.45) is 0. The molecule has 1 unspecified atom stereocenters. The quantitative estimate of drug-likeness (QED) is 0.736. The molecule has 1 atom stereocenters. The van der Waals surface area contributed by atoms with Gasteiger partial charge in [-0.15, -0.1) is 0 Å². The van der Waals surface area contributed by atoms with Gasteiger partial charge in [-0.25, -0.2) is 8.78 Å². The van der Waals surface area contributed by atoms with Gasteiger partial charge in [0.2, 0.25) is 0 Å². The Labute approximate surface area is 147 Å². The van der Waals surface area contributed by atoms with Crippen LogP contribution in [0.5, 0.6) is 0 Å². The molecule has 1 amide bonds. The summed E-state index contributed by atoms with van der Waals surface area (Å²) in [5, 5.41) is 2.74. The number of carbonyl (C=O) groups excluding carboxylic acids is 1. The lowest BCUT2D eigenvalue weighted by Crippen LogP contribution is -2.35. The first-order valence-corrected chi connectivity index (χ1v) is 8.12. The number of benzene rings is 2. The minimum atomic E-state index is -0.618. The van der Waals surface area contributed by atoms with Gasteiger partial charge in [0, 0.05) is 21.2 Å². The van der Waals surface area contributed by atoms with Crippen LogP contribution in [0.25, 0.3) is 0 Å². The van der Waals surface area contributed by atoms with Crippen LogP contribution >= 0.6 is 22.6 Å². The smallest absolute Gasteiger partial charge is 0.251 e. The fourth-order valence-corrected chi connectivity index (χ4v) is 2.62. The van der Waals surface area contributed by atoms with Crippen molar-refractivity contribution in [1.82, 2.24) is 10.2 Å². The van der Waals surface area contributed by atoms with Crippen LogP contribution in [0.4, 0.5) is 8.78 Å². The maximum absolute atomic E-state index is 14.0. The summed E-state index contributed by atoms with van der Waals surface area (Å²) in [4.78, 5) is 13.8. The highest BCUT2D eigenvalue weighted by atomic mass is 127. The van der Waals surface area contributed by atoms with Crippen molar-refractivity contribution < 1.29 is 13.6 Å². The Morgan fingerprint density at radius 3 is 2.22 bits per heavy atom. The van der Waals surface area contributed by atoms with Gasteiger partial charge in [0.25, 0.3) is 5.91 Å². The molecule has 1 N–H and O–H groups in total. The van der Waals surface area contributed by atoms with Gasteiger partial charge in [0.15, 0.2) is 0 Å². The highest BCUT2D eigenvalue weighted by Crippen LogP contribution is 2.24. The van der Waals surface area contributed by atoms with Crippen LogP contribution in [-0.4, -0.2) is 31.4 Å². The Kier molecular flexibility index (Phi) is 6.06. The van der Waals surface area contributed by atoms with E-state index >= 15 is 0 Å². The second-order valence-corrected chi connectivity index (χ2v) is 6.58. The highest BCUT2D eigenvalue weighted by Gasteiger charge is 2.22. The van der Waals surface area contributed by atoms with Crippen LogP contribution in [0.15, 0.2) is 42.5 Å². The molecule has 122 valence electrons. The third kappa shape index (κ3) is 4.48. The molecule has 2 aromatic rings. The highest BCUT2D eigenvalue weighted by molar-refractivity contribution is 14.1. The van der Waals surface area contributed by atoms with E-state index in [1.54, 1.807) is 31.1 Å². The number of rotatable bonds is 5. The third-order valence-electron chi connectivity index (χ3n) is 3.52. The first kappa shape index (κ1) is 17.8. The summed E-state index contributed by atoms with van der Waals surface area (Å²) < 4.78 is 29.0. The number of nitrogens with zero attached hydrogens (tertiary/aromatic N) is 1. The number of halogens is 3. The molecule has 0 aromatic heterocycles. The molecule has 0 bridgehead atoms. The number of hydrogen-bond donors (Lipinski definition) is 1. The largest absolute Gasteiger partial charge is 0.350 e. The predicted octanol–water partition coefficient (Wildman–Crippen LogP) is 3.60. The molecule has 3 nitrogen and oxygen atoms in total. The molecule has 6 heteroatoms. The average molecular weight is 430 g/mol. The number of hydrogen-bond acceptors (Lipinski definition) is 2. The third-order valence-corrected chi connectivity index (χ3v) is 4.24. The van der Waals surface area contributed by atoms with Gasteiger partial charge in [0.1, 0.15) is 11.6 Å². The standard InChI is InChI=1S/C17H17F2IN2O/c1-22(2)15(16-13(18)4-3-5-14(16)19)10-21-17(23)11-6-8-12(20)9-7-11/h3-9,15H,10H2,1-2H3,(H,21,23). The lowest BCUT2D eigenvalue weighted by molar-refractivity contribution is 0.0940. The van der Waals surface area contributed by atoms with Crippen LogP contribution in [0.2, 0.25) is 0 Å². The molecule has 0 heterocycles. The Balaban J connectivity index is 2.14. The molecule has 0 aliphatic carbocycles. The summed E-state index contributed by atoms with van der Waals surface area (Å²) in [5.41, 5.74) is 0.470. The maximum Gasteiger partial charge on any atom is 0.251 e. The summed E-state index contributed by atoms with van der Waals surface area (Å²) >= 11 is 2.15. The molecule has 23 heavy (non-hydrogen) atoms. The van der Waals surface area contributed by atoms with E-state index < -0.39 is 17.7 Å². The van der Waals surface area contributed by atoms with Crippen molar-refractivity contribution in [2.75, 3.05) is 20.6 Å². The van der Waals surface area contributed by atoms with E-state index in [0.717, 1.165) is 3.57 Å². The Bertz CT molecular complexity index is 669. The summed E-state index contributed by atoms with van der Waals surface area (Å²) in [7, 11) is 3.43.